The van der Waals surface area contributed by atoms with E-state index in [4.69, 9.17) is 24.2 Å². The van der Waals surface area contributed by atoms with Gasteiger partial charge in [-0.1, -0.05) is 12.1 Å². The van der Waals surface area contributed by atoms with E-state index in [1.165, 1.54) is 33.6 Å². The van der Waals surface area contributed by atoms with Crippen LogP contribution in [0.5, 0.6) is 23.0 Å². The highest BCUT2D eigenvalue weighted by Gasteiger charge is 2.13. The van der Waals surface area contributed by atoms with Crippen molar-refractivity contribution in [1.29, 1.82) is 5.26 Å². The van der Waals surface area contributed by atoms with Gasteiger partial charge in [0.2, 0.25) is 0 Å². The first-order valence-corrected chi connectivity index (χ1v) is 12.0. The first kappa shape index (κ1) is 28.0. The molecule has 2 N–H and O–H groups in total. The molecule has 196 valence electrons. The molecule has 0 spiro atoms. The first-order chi connectivity index (χ1) is 18.4. The lowest BCUT2D eigenvalue weighted by Crippen LogP contribution is -2.34. The van der Waals surface area contributed by atoms with Gasteiger partial charge in [-0.15, -0.1) is 0 Å². The van der Waals surface area contributed by atoms with Crippen LogP contribution in [-0.2, 0) is 11.4 Å². The second-order valence-corrected chi connectivity index (χ2v) is 8.53. The van der Waals surface area contributed by atoms with Gasteiger partial charge < -0.3 is 24.3 Å². The molecular formula is C27H25BrN4O6. The van der Waals surface area contributed by atoms with E-state index in [9.17, 15) is 9.59 Å². The van der Waals surface area contributed by atoms with Gasteiger partial charge in [0, 0.05) is 5.56 Å². The highest BCUT2D eigenvalue weighted by molar-refractivity contribution is 9.10. The Hall–Kier alpha value is -4.56. The van der Waals surface area contributed by atoms with Gasteiger partial charge in [-0.2, -0.15) is 10.4 Å². The molecule has 38 heavy (non-hydrogen) atoms. The van der Waals surface area contributed by atoms with Gasteiger partial charge in [0.25, 0.3) is 11.8 Å². The minimum absolute atomic E-state index is 0.277. The third-order valence-corrected chi connectivity index (χ3v) is 5.77. The molecular weight excluding hydrogens is 556 g/mol. The van der Waals surface area contributed by atoms with E-state index in [2.05, 4.69) is 37.8 Å². The molecule has 0 unspecified atom stereocenters. The molecule has 0 aromatic heterocycles. The van der Waals surface area contributed by atoms with Gasteiger partial charge in [0.1, 0.15) is 6.61 Å². The number of hydrogen-bond donors (Lipinski definition) is 2. The molecule has 3 rings (SSSR count). The average molecular weight is 581 g/mol. The summed E-state index contributed by atoms with van der Waals surface area (Å²) in [6.45, 7) is -0.00114. The molecule has 0 heterocycles. The molecule has 11 heteroatoms. The number of ether oxygens (including phenoxy) is 4. The van der Waals surface area contributed by atoms with E-state index < -0.39 is 11.8 Å². The summed E-state index contributed by atoms with van der Waals surface area (Å²) in [5, 5.41) is 15.4. The molecule has 0 aliphatic rings. The molecule has 0 bridgehead atoms. The van der Waals surface area contributed by atoms with Gasteiger partial charge in [0.15, 0.2) is 23.0 Å². The first-order valence-electron chi connectivity index (χ1n) is 11.2. The van der Waals surface area contributed by atoms with Gasteiger partial charge in [0.05, 0.1) is 50.2 Å². The van der Waals surface area contributed by atoms with E-state index in [-0.39, 0.29) is 13.2 Å². The lowest BCUT2D eigenvalue weighted by atomic mass is 10.1. The molecule has 0 aliphatic carbocycles. The van der Waals surface area contributed by atoms with E-state index in [0.717, 1.165) is 5.56 Å². The van der Waals surface area contributed by atoms with Crippen molar-refractivity contribution in [3.63, 3.8) is 0 Å². The van der Waals surface area contributed by atoms with Crippen molar-refractivity contribution < 1.29 is 28.5 Å². The summed E-state index contributed by atoms with van der Waals surface area (Å²) in [5.41, 5.74) is 4.78. The Kier molecular flexibility index (Phi) is 10.1. The van der Waals surface area contributed by atoms with Crippen LogP contribution < -0.4 is 29.7 Å². The second-order valence-electron chi connectivity index (χ2n) is 7.68. The summed E-state index contributed by atoms with van der Waals surface area (Å²) in [6.07, 6.45) is 1.44. The number of halogens is 1. The number of nitriles is 1. The number of carbonyl (C=O) groups excluding carboxylic acids is 2. The molecule has 0 atom stereocenters. The number of hydrogen-bond acceptors (Lipinski definition) is 8. The minimum atomic E-state index is -0.511. The third-order valence-electron chi connectivity index (χ3n) is 5.18. The number of amides is 2. The molecule has 10 nitrogen and oxygen atoms in total. The van der Waals surface area contributed by atoms with Crippen LogP contribution in [0, 0.1) is 11.3 Å². The zero-order chi connectivity index (χ0) is 27.5. The van der Waals surface area contributed by atoms with Gasteiger partial charge in [-0.3, -0.25) is 9.59 Å². The highest BCUT2D eigenvalue weighted by Crippen LogP contribution is 2.37. The van der Waals surface area contributed by atoms with Crippen molar-refractivity contribution in [2.75, 3.05) is 27.9 Å². The van der Waals surface area contributed by atoms with E-state index in [0.29, 0.717) is 44.2 Å². The third kappa shape index (κ3) is 7.47. The number of hydrazone groups is 1. The van der Waals surface area contributed by atoms with Crippen LogP contribution in [0.15, 0.2) is 64.2 Å². The monoisotopic (exact) mass is 580 g/mol. The molecule has 0 radical (unpaired) electrons. The summed E-state index contributed by atoms with van der Waals surface area (Å²) in [5.74, 6) is 0.893. The summed E-state index contributed by atoms with van der Waals surface area (Å²) < 4.78 is 22.3. The molecule has 0 saturated carbocycles. The number of carbonyl (C=O) groups is 2. The van der Waals surface area contributed by atoms with Crippen molar-refractivity contribution in [3.05, 3.63) is 81.3 Å². The largest absolute Gasteiger partial charge is 0.493 e. The maximum Gasteiger partial charge on any atom is 0.259 e. The number of benzene rings is 3. The highest BCUT2D eigenvalue weighted by atomic mass is 79.9. The molecule has 0 aliphatic heterocycles. The number of nitrogens with one attached hydrogen (secondary N) is 2. The molecule has 3 aromatic rings. The van der Waals surface area contributed by atoms with E-state index >= 15 is 0 Å². The Balaban J connectivity index is 1.55. The van der Waals surface area contributed by atoms with Crippen LogP contribution in [-0.4, -0.2) is 45.9 Å². The topological polar surface area (TPSA) is 131 Å². The van der Waals surface area contributed by atoms with Crippen LogP contribution in [0.2, 0.25) is 0 Å². The van der Waals surface area contributed by atoms with Crippen LogP contribution in [0.25, 0.3) is 0 Å². The fraction of sp³-hybridized carbons (Fsp3) is 0.185. The summed E-state index contributed by atoms with van der Waals surface area (Å²) >= 11 is 3.48. The lowest BCUT2D eigenvalue weighted by Gasteiger charge is -2.13. The quantitative estimate of drug-likeness (QED) is 0.260. The maximum atomic E-state index is 12.4. The predicted octanol–water partition coefficient (Wildman–Crippen LogP) is 3.81. The van der Waals surface area contributed by atoms with Crippen molar-refractivity contribution >= 4 is 34.0 Å². The van der Waals surface area contributed by atoms with Crippen molar-refractivity contribution in [2.24, 2.45) is 5.10 Å². The Labute approximate surface area is 228 Å². The van der Waals surface area contributed by atoms with E-state index in [1.807, 2.05) is 12.1 Å². The average Bonchev–Trinajstić information content (AvgIpc) is 2.94. The number of nitrogens with zero attached hydrogens (tertiary/aromatic N) is 2. The Morgan fingerprint density at radius 2 is 1.68 bits per heavy atom. The second kappa shape index (κ2) is 13.7. The standard InChI is InChI=1S/C27H25BrN4O6/c1-35-22-9-8-20(12-23(22)36-2)27(34)30-15-25(33)32-31-14-19-10-21(28)26(24(11-19)37-3)38-16-18-6-4-17(13-29)5-7-18/h4-12,14H,15-16H2,1-3H3,(H,30,34)(H,32,33)/b31-14+. The van der Waals surface area contributed by atoms with Crippen LogP contribution >= 0.6 is 15.9 Å². The smallest absolute Gasteiger partial charge is 0.259 e. The number of methoxy groups -OCH3 is 3. The Morgan fingerprint density at radius 1 is 0.974 bits per heavy atom. The normalized spacial score (nSPS) is 10.4. The number of rotatable bonds is 11. The summed E-state index contributed by atoms with van der Waals surface area (Å²) in [7, 11) is 4.48. The van der Waals surface area contributed by atoms with E-state index in [1.54, 1.807) is 36.4 Å². The summed E-state index contributed by atoms with van der Waals surface area (Å²) in [4.78, 5) is 24.5. The van der Waals surface area contributed by atoms with Crippen molar-refractivity contribution in [3.8, 4) is 29.1 Å². The zero-order valence-electron chi connectivity index (χ0n) is 20.9. The maximum absolute atomic E-state index is 12.4. The van der Waals surface area contributed by atoms with Crippen LogP contribution in [0.3, 0.4) is 0 Å². The van der Waals surface area contributed by atoms with Gasteiger partial charge in [-0.25, -0.2) is 5.43 Å². The fourth-order valence-electron chi connectivity index (χ4n) is 3.24. The Bertz CT molecular complexity index is 1370. The zero-order valence-corrected chi connectivity index (χ0v) is 22.5. The molecule has 2 amide bonds. The van der Waals surface area contributed by atoms with Gasteiger partial charge in [-0.05, 0) is 69.5 Å². The van der Waals surface area contributed by atoms with Crippen molar-refractivity contribution in [1.82, 2.24) is 10.7 Å². The van der Waals surface area contributed by atoms with Crippen LogP contribution in [0.1, 0.15) is 27.0 Å². The van der Waals surface area contributed by atoms with Gasteiger partial charge >= 0.3 is 0 Å². The summed E-state index contributed by atoms with van der Waals surface area (Å²) in [6, 6.07) is 17.3. The fourth-order valence-corrected chi connectivity index (χ4v) is 3.82. The SMILES string of the molecule is COc1ccc(C(=O)NCC(=O)N/N=C/c2cc(Br)c(OCc3ccc(C#N)cc3)c(OC)c2)cc1OC. The molecule has 0 saturated heterocycles. The lowest BCUT2D eigenvalue weighted by molar-refractivity contribution is -0.120. The molecule has 0 fully saturated rings. The van der Waals surface area contributed by atoms with Crippen molar-refractivity contribution in [2.45, 2.75) is 6.61 Å². The van der Waals surface area contributed by atoms with Crippen LogP contribution in [0.4, 0.5) is 0 Å². The minimum Gasteiger partial charge on any atom is -0.493 e. The predicted molar refractivity (Wildman–Crippen MR) is 144 cm³/mol. The Morgan fingerprint density at radius 3 is 2.34 bits per heavy atom. The molecule has 3 aromatic carbocycles.